The van der Waals surface area contributed by atoms with Crippen molar-refractivity contribution in [3.8, 4) is 11.5 Å². The van der Waals surface area contributed by atoms with Crippen LogP contribution in [0.2, 0.25) is 0 Å². The molecule has 7 nitrogen and oxygen atoms in total. The number of nitrogens with zero attached hydrogens (tertiary/aromatic N) is 5. The zero-order valence-corrected chi connectivity index (χ0v) is 30.2. The highest BCUT2D eigenvalue weighted by atomic mass is 27.2. The number of aliphatic imine (C=N–C) groups is 2. The third-order valence-electron chi connectivity index (χ3n) is 8.67. The maximum Gasteiger partial charge on any atom is 0.947 e. The lowest BCUT2D eigenvalue weighted by Crippen LogP contribution is -2.32. The minimum absolute atomic E-state index is 0.0763. The van der Waals surface area contributed by atoms with Crippen molar-refractivity contribution in [3.63, 3.8) is 0 Å². The Balaban J connectivity index is 2.05. The van der Waals surface area contributed by atoms with Crippen LogP contribution in [0.15, 0.2) is 38.3 Å². The van der Waals surface area contributed by atoms with E-state index >= 15 is 0 Å². The summed E-state index contributed by atoms with van der Waals surface area (Å²) in [6.45, 7) is 26.5. The summed E-state index contributed by atoms with van der Waals surface area (Å²) in [5.74, 6) is 1.38. The minimum Gasteiger partial charge on any atom is -0.609 e. The first-order chi connectivity index (χ1) is 20.3. The molecule has 8 heteroatoms. The molecule has 0 spiro atoms. The molecule has 2 atom stereocenters. The van der Waals surface area contributed by atoms with Crippen LogP contribution < -0.4 is 7.58 Å². The van der Waals surface area contributed by atoms with E-state index in [1.165, 1.54) is 11.1 Å². The Morgan fingerprint density at radius 1 is 0.659 bits per heavy atom. The average Bonchev–Trinajstić information content (AvgIpc) is 2.90. The van der Waals surface area contributed by atoms with Gasteiger partial charge in [-0.15, -0.1) is 0 Å². The van der Waals surface area contributed by atoms with E-state index in [0.717, 1.165) is 47.9 Å². The number of hydrogen-bond acceptors (Lipinski definition) is 5. The number of azide groups is 1. The van der Waals surface area contributed by atoms with E-state index in [9.17, 15) is 5.53 Å². The fourth-order valence-electron chi connectivity index (χ4n) is 5.84. The van der Waals surface area contributed by atoms with Gasteiger partial charge in [-0.05, 0) is 79.3 Å². The number of hydrogen-bond donors (Lipinski definition) is 0. The van der Waals surface area contributed by atoms with Gasteiger partial charge in [-0.2, -0.15) is 0 Å². The van der Waals surface area contributed by atoms with E-state index in [4.69, 9.17) is 17.6 Å². The highest BCUT2D eigenvalue weighted by Gasteiger charge is 2.38. The molecule has 1 heterocycles. The summed E-state index contributed by atoms with van der Waals surface area (Å²) in [7, 11) is 0. The molecule has 0 amide bonds. The molecule has 1 aliphatic carbocycles. The lowest BCUT2D eigenvalue weighted by molar-refractivity contribution is 0.390. The molecule has 0 saturated heterocycles. The molecular weight excluding hydrogens is 561 g/mol. The lowest BCUT2D eigenvalue weighted by atomic mass is 9.79. The molecule has 44 heavy (non-hydrogen) atoms. The summed E-state index contributed by atoms with van der Waals surface area (Å²) < 4.78 is 17.8. The second-order valence-corrected chi connectivity index (χ2v) is 17.9. The quantitative estimate of drug-likeness (QED) is 0.139. The van der Waals surface area contributed by atoms with Gasteiger partial charge in [0.05, 0.1) is 23.6 Å². The van der Waals surface area contributed by atoms with Crippen LogP contribution in [0.3, 0.4) is 0 Å². The van der Waals surface area contributed by atoms with E-state index in [1.54, 1.807) is 0 Å². The van der Waals surface area contributed by atoms with Crippen LogP contribution in [-0.2, 0) is 21.7 Å². The smallest absolute Gasteiger partial charge is 0.609 e. The van der Waals surface area contributed by atoms with Gasteiger partial charge in [0.15, 0.2) is 0 Å². The van der Waals surface area contributed by atoms with Crippen LogP contribution in [0.4, 0.5) is 0 Å². The first-order valence-corrected chi connectivity index (χ1v) is 17.6. The third kappa shape index (κ3) is 7.89. The molecule has 236 valence electrons. The Bertz CT molecular complexity index is 1370. The molecule has 4 rings (SSSR count). The largest absolute Gasteiger partial charge is 0.947 e. The number of benzene rings is 2. The minimum atomic E-state index is -3.04. The lowest BCUT2D eigenvalue weighted by Gasteiger charge is -2.31. The fraction of sp³-hybridized carbons (Fsp3) is 0.611. The van der Waals surface area contributed by atoms with Crippen molar-refractivity contribution in [1.29, 1.82) is 0 Å². The molecule has 0 bridgehead atoms. The van der Waals surface area contributed by atoms with Gasteiger partial charge in [0, 0.05) is 23.6 Å². The van der Waals surface area contributed by atoms with Crippen molar-refractivity contribution in [2.24, 2.45) is 14.1 Å². The molecule has 0 N–H and O–H groups in total. The summed E-state index contributed by atoms with van der Waals surface area (Å²) in [6, 6.07) is 8.99. The highest BCUT2D eigenvalue weighted by Crippen LogP contribution is 2.41. The van der Waals surface area contributed by atoms with Crippen LogP contribution in [0.5, 0.6) is 11.5 Å². The summed E-state index contributed by atoms with van der Waals surface area (Å²) in [5.41, 5.74) is 15.4. The van der Waals surface area contributed by atoms with E-state index in [-0.39, 0.29) is 33.7 Å². The van der Waals surface area contributed by atoms with E-state index < -0.39 is 15.0 Å². The molecule has 2 aromatic carbocycles. The Kier molecular flexibility index (Phi) is 9.73. The van der Waals surface area contributed by atoms with Crippen molar-refractivity contribution in [3.05, 3.63) is 68.1 Å². The van der Waals surface area contributed by atoms with Crippen LogP contribution in [0, 0.1) is 0 Å². The van der Waals surface area contributed by atoms with Crippen molar-refractivity contribution in [1.82, 2.24) is 0 Å². The predicted octanol–water partition coefficient (Wildman–Crippen LogP) is 9.79. The zero-order valence-electron chi connectivity index (χ0n) is 29.1. The van der Waals surface area contributed by atoms with Crippen LogP contribution >= 0.6 is 0 Å². The Hall–Kier alpha value is -2.78. The SMILES string of the molecule is CC(C)(C)c1cc2c(c(C(C)(C)C)c1)[O][Al]([N]=[N+]=[N-])[O]c1c(cc(C(C)(C)C)cc1C(C)(C)C)C=N[C@@H]1CCCC[C@H]1N=C2. The van der Waals surface area contributed by atoms with Crippen LogP contribution in [-0.4, -0.2) is 39.5 Å². The maximum absolute atomic E-state index is 9.73. The van der Waals surface area contributed by atoms with Crippen molar-refractivity contribution in [2.75, 3.05) is 0 Å². The molecule has 0 unspecified atom stereocenters. The predicted molar refractivity (Wildman–Crippen MR) is 185 cm³/mol. The second kappa shape index (κ2) is 12.5. The monoisotopic (exact) mass is 613 g/mol. The Labute approximate surface area is 270 Å². The number of fused-ring (bicyclic) bond motifs is 3. The fourth-order valence-corrected chi connectivity index (χ4v) is 7.00. The molecule has 2 aromatic rings. The van der Waals surface area contributed by atoms with E-state index in [2.05, 4.69) is 116 Å². The van der Waals surface area contributed by atoms with Crippen molar-refractivity contribution < 1.29 is 7.58 Å². The molecule has 0 radical (unpaired) electrons. The van der Waals surface area contributed by atoms with Gasteiger partial charge in [-0.3, -0.25) is 9.98 Å². The van der Waals surface area contributed by atoms with Crippen LogP contribution in [0.25, 0.3) is 10.4 Å². The normalized spacial score (nSPS) is 19.6. The molecule has 1 fully saturated rings. The van der Waals surface area contributed by atoms with E-state index in [0.29, 0.717) is 11.5 Å². The van der Waals surface area contributed by atoms with Gasteiger partial charge in [0.25, 0.3) is 0 Å². The van der Waals surface area contributed by atoms with Gasteiger partial charge in [0.2, 0.25) is 0 Å². The maximum atomic E-state index is 9.73. The standard InChI is InChI=1S/C36H54N2O2.Al.N3/c1-33(2,3)25-17-23(31(39)27(19-25)35(7,8)9)21-37-29-15-13-14-16-30(29)38-22-24-18-26(34(4,5)6)20-28(32(24)40)36(10,11)12;;1-3-2/h17-22,29-30,39-40H,13-16H2,1-12H3;;/q;+3;-1/p-2/t29-,30-;;/m1../s1. The topological polar surface area (TPSA) is 91.9 Å². The zero-order chi connectivity index (χ0) is 32.7. The van der Waals surface area contributed by atoms with Gasteiger partial charge in [-0.25, -0.2) is 0 Å². The molecule has 0 aromatic heterocycles. The van der Waals surface area contributed by atoms with Crippen molar-refractivity contribution in [2.45, 2.75) is 143 Å². The van der Waals surface area contributed by atoms with Crippen LogP contribution in [0.1, 0.15) is 142 Å². The molecule has 1 saturated carbocycles. The second-order valence-electron chi connectivity index (χ2n) is 16.6. The van der Waals surface area contributed by atoms with Gasteiger partial charge in [-0.1, -0.05) is 112 Å². The number of rotatable bonds is 1. The van der Waals surface area contributed by atoms with Gasteiger partial charge >= 0.3 is 15.0 Å². The highest BCUT2D eigenvalue weighted by molar-refractivity contribution is 6.44. The summed E-state index contributed by atoms with van der Waals surface area (Å²) >= 11 is -3.04. The molecular formula is C36H52AlN5O2. The summed E-state index contributed by atoms with van der Waals surface area (Å²) in [6.07, 6.45) is 8.22. The Morgan fingerprint density at radius 2 is 1.05 bits per heavy atom. The first kappa shape index (κ1) is 34.1. The summed E-state index contributed by atoms with van der Waals surface area (Å²) in [5, 5.41) is 0. The summed E-state index contributed by atoms with van der Waals surface area (Å²) in [4.78, 5) is 13.6. The van der Waals surface area contributed by atoms with E-state index in [1.807, 2.05) is 12.4 Å². The first-order valence-electron chi connectivity index (χ1n) is 16.1. The van der Waals surface area contributed by atoms with Gasteiger partial charge in [0.1, 0.15) is 0 Å². The Morgan fingerprint density at radius 3 is 1.36 bits per heavy atom. The van der Waals surface area contributed by atoms with Gasteiger partial charge < -0.3 is 7.58 Å². The average molecular weight is 614 g/mol. The third-order valence-corrected chi connectivity index (χ3v) is 9.84. The molecule has 2 aliphatic rings. The van der Waals surface area contributed by atoms with Crippen molar-refractivity contribution >= 4 is 27.5 Å². The molecule has 1 aliphatic heterocycles.